The van der Waals surface area contributed by atoms with Crippen molar-refractivity contribution in [1.82, 2.24) is 4.72 Å². The molecular weight excluding hydrogens is 312 g/mol. The maximum absolute atomic E-state index is 12.0. The molecule has 3 N–H and O–H groups in total. The van der Waals surface area contributed by atoms with Crippen molar-refractivity contribution < 1.29 is 8.42 Å². The Kier molecular flexibility index (Phi) is 3.70. The van der Waals surface area contributed by atoms with E-state index >= 15 is 0 Å². The summed E-state index contributed by atoms with van der Waals surface area (Å²) in [5.74, 6) is 0.415. The molecule has 1 aromatic heterocycles. The Balaban J connectivity index is 2.16. The third-order valence-corrected chi connectivity index (χ3v) is 6.74. The monoisotopic (exact) mass is 324 g/mol. The van der Waals surface area contributed by atoms with Crippen LogP contribution >= 0.6 is 27.3 Å². The van der Waals surface area contributed by atoms with Gasteiger partial charge in [0, 0.05) is 17.1 Å². The summed E-state index contributed by atoms with van der Waals surface area (Å²) in [6.45, 7) is 0.354. The van der Waals surface area contributed by atoms with Gasteiger partial charge in [0.1, 0.15) is 4.21 Å². The molecule has 0 aliphatic heterocycles. The van der Waals surface area contributed by atoms with E-state index in [1.807, 2.05) is 0 Å². The first-order chi connectivity index (χ1) is 7.54. The van der Waals surface area contributed by atoms with Crippen LogP contribution in [0.25, 0.3) is 0 Å². The number of nitrogens with one attached hydrogen (secondary N) is 1. The first-order valence-corrected chi connectivity index (χ1v) is 8.15. The van der Waals surface area contributed by atoms with Gasteiger partial charge in [0.05, 0.1) is 0 Å². The van der Waals surface area contributed by atoms with E-state index in [2.05, 4.69) is 20.7 Å². The van der Waals surface area contributed by atoms with Crippen LogP contribution in [0.1, 0.15) is 12.8 Å². The SMILES string of the molecule is NCC(NS(=O)(=O)c1sccc1Br)C1CC1. The third-order valence-electron chi connectivity index (χ3n) is 2.58. The van der Waals surface area contributed by atoms with Crippen molar-refractivity contribution in [2.45, 2.75) is 23.1 Å². The summed E-state index contributed by atoms with van der Waals surface area (Å²) >= 11 is 4.43. The number of halogens is 1. The maximum atomic E-state index is 12.0. The number of hydrogen-bond donors (Lipinski definition) is 2. The Morgan fingerprint density at radius 3 is 2.75 bits per heavy atom. The number of nitrogens with two attached hydrogens (primary N) is 1. The number of hydrogen-bond acceptors (Lipinski definition) is 4. The lowest BCUT2D eigenvalue weighted by Crippen LogP contribution is -2.41. The molecule has 1 unspecified atom stereocenters. The van der Waals surface area contributed by atoms with E-state index in [1.54, 1.807) is 11.4 Å². The molecule has 16 heavy (non-hydrogen) atoms. The van der Waals surface area contributed by atoms with Gasteiger partial charge in [-0.2, -0.15) is 0 Å². The van der Waals surface area contributed by atoms with E-state index in [0.717, 1.165) is 12.8 Å². The summed E-state index contributed by atoms with van der Waals surface area (Å²) in [7, 11) is -3.42. The van der Waals surface area contributed by atoms with Crippen molar-refractivity contribution in [3.63, 3.8) is 0 Å². The second kappa shape index (κ2) is 4.73. The number of rotatable bonds is 5. The zero-order valence-corrected chi connectivity index (χ0v) is 11.7. The van der Waals surface area contributed by atoms with E-state index < -0.39 is 10.0 Å². The van der Waals surface area contributed by atoms with Crippen molar-refractivity contribution in [3.05, 3.63) is 15.9 Å². The number of thiophene rings is 1. The lowest BCUT2D eigenvalue weighted by atomic mass is 10.2. The van der Waals surface area contributed by atoms with Crippen LogP contribution in [-0.4, -0.2) is 21.0 Å². The normalized spacial score (nSPS) is 18.6. The summed E-state index contributed by atoms with van der Waals surface area (Å²) in [6, 6.07) is 1.60. The summed E-state index contributed by atoms with van der Waals surface area (Å²) in [4.78, 5) is 0. The van der Waals surface area contributed by atoms with Crippen molar-refractivity contribution >= 4 is 37.3 Å². The molecule has 0 aromatic carbocycles. The second-order valence-corrected chi connectivity index (χ2v) is 7.54. The zero-order chi connectivity index (χ0) is 11.8. The molecule has 0 bridgehead atoms. The molecule has 0 saturated heterocycles. The maximum Gasteiger partial charge on any atom is 0.251 e. The topological polar surface area (TPSA) is 72.2 Å². The van der Waals surface area contributed by atoms with Crippen molar-refractivity contribution in [1.29, 1.82) is 0 Å². The van der Waals surface area contributed by atoms with E-state index in [4.69, 9.17) is 5.73 Å². The van der Waals surface area contributed by atoms with Crippen molar-refractivity contribution in [2.24, 2.45) is 11.7 Å². The van der Waals surface area contributed by atoms with Gasteiger partial charge in [0.15, 0.2) is 0 Å². The van der Waals surface area contributed by atoms with Gasteiger partial charge in [0.2, 0.25) is 0 Å². The second-order valence-electron chi connectivity index (χ2n) is 3.86. The highest BCUT2D eigenvalue weighted by Crippen LogP contribution is 2.34. The molecule has 1 aliphatic rings. The van der Waals surface area contributed by atoms with Crippen LogP contribution < -0.4 is 10.5 Å². The van der Waals surface area contributed by atoms with Crippen LogP contribution in [0.5, 0.6) is 0 Å². The fourth-order valence-electron chi connectivity index (χ4n) is 1.56. The Bertz CT molecular complexity index is 468. The first-order valence-electron chi connectivity index (χ1n) is 5.00. The molecule has 0 radical (unpaired) electrons. The zero-order valence-electron chi connectivity index (χ0n) is 8.52. The summed E-state index contributed by atoms with van der Waals surface area (Å²) in [5, 5.41) is 1.74. The van der Waals surface area contributed by atoms with E-state index in [-0.39, 0.29) is 6.04 Å². The minimum Gasteiger partial charge on any atom is -0.329 e. The fraction of sp³-hybridized carbons (Fsp3) is 0.556. The van der Waals surface area contributed by atoms with E-state index in [0.29, 0.717) is 21.1 Å². The largest absolute Gasteiger partial charge is 0.329 e. The van der Waals surface area contributed by atoms with Gasteiger partial charge in [-0.05, 0) is 46.1 Å². The quantitative estimate of drug-likeness (QED) is 0.862. The van der Waals surface area contributed by atoms with E-state index in [1.165, 1.54) is 11.3 Å². The highest BCUT2D eigenvalue weighted by Gasteiger charge is 2.34. The van der Waals surface area contributed by atoms with Gasteiger partial charge in [-0.15, -0.1) is 11.3 Å². The minimum atomic E-state index is -3.42. The van der Waals surface area contributed by atoms with Gasteiger partial charge in [-0.3, -0.25) is 0 Å². The average Bonchev–Trinajstić information content (AvgIpc) is 2.97. The molecule has 0 amide bonds. The van der Waals surface area contributed by atoms with Crippen LogP contribution in [0.3, 0.4) is 0 Å². The molecule has 1 atom stereocenters. The van der Waals surface area contributed by atoms with Gasteiger partial charge in [0.25, 0.3) is 10.0 Å². The molecule has 2 rings (SSSR count). The van der Waals surface area contributed by atoms with Crippen LogP contribution in [0.15, 0.2) is 20.1 Å². The Morgan fingerprint density at radius 2 is 2.31 bits per heavy atom. The van der Waals surface area contributed by atoms with Crippen LogP contribution in [0.4, 0.5) is 0 Å². The summed E-state index contributed by atoms with van der Waals surface area (Å²) < 4.78 is 27.7. The van der Waals surface area contributed by atoms with E-state index in [9.17, 15) is 8.42 Å². The Labute approximate surface area is 107 Å². The summed E-state index contributed by atoms with van der Waals surface area (Å²) in [6.07, 6.45) is 2.13. The third kappa shape index (κ3) is 2.65. The van der Waals surface area contributed by atoms with Crippen LogP contribution in [0.2, 0.25) is 0 Å². The predicted octanol–water partition coefficient (Wildman–Crippen LogP) is 1.53. The molecule has 1 fully saturated rings. The average molecular weight is 325 g/mol. The van der Waals surface area contributed by atoms with Gasteiger partial charge >= 0.3 is 0 Å². The van der Waals surface area contributed by atoms with Crippen LogP contribution in [-0.2, 0) is 10.0 Å². The van der Waals surface area contributed by atoms with Crippen LogP contribution in [0, 0.1) is 5.92 Å². The first kappa shape index (κ1) is 12.5. The predicted molar refractivity (Wildman–Crippen MR) is 67.9 cm³/mol. The minimum absolute atomic E-state index is 0.126. The molecule has 7 heteroatoms. The van der Waals surface area contributed by atoms with Gasteiger partial charge in [-0.1, -0.05) is 0 Å². The standard InChI is InChI=1S/C9H13BrN2O2S2/c10-7-3-4-15-9(7)16(13,14)12-8(5-11)6-1-2-6/h3-4,6,8,12H,1-2,5,11H2. The van der Waals surface area contributed by atoms with Crippen molar-refractivity contribution in [2.75, 3.05) is 6.54 Å². The molecule has 1 aromatic rings. The van der Waals surface area contributed by atoms with Gasteiger partial charge < -0.3 is 5.73 Å². The molecule has 1 saturated carbocycles. The van der Waals surface area contributed by atoms with Gasteiger partial charge in [-0.25, -0.2) is 13.1 Å². The summed E-state index contributed by atoms with van der Waals surface area (Å²) in [5.41, 5.74) is 5.58. The molecule has 1 heterocycles. The Morgan fingerprint density at radius 1 is 1.62 bits per heavy atom. The lowest BCUT2D eigenvalue weighted by molar-refractivity contribution is 0.520. The molecule has 1 aliphatic carbocycles. The smallest absolute Gasteiger partial charge is 0.251 e. The molecule has 0 spiro atoms. The highest BCUT2D eigenvalue weighted by molar-refractivity contribution is 9.10. The fourth-order valence-corrected chi connectivity index (χ4v) is 5.23. The Hall–Kier alpha value is 0.0500. The number of sulfonamides is 1. The molecule has 4 nitrogen and oxygen atoms in total. The molecule has 90 valence electrons. The highest BCUT2D eigenvalue weighted by atomic mass is 79.9. The molecular formula is C9H13BrN2O2S2. The lowest BCUT2D eigenvalue weighted by Gasteiger charge is -2.15. The van der Waals surface area contributed by atoms with Crippen molar-refractivity contribution in [3.8, 4) is 0 Å².